The Bertz CT molecular complexity index is 1080. The third kappa shape index (κ3) is 7.95. The van der Waals surface area contributed by atoms with Crippen molar-refractivity contribution in [2.45, 2.75) is 6.42 Å². The number of hydrogen-bond acceptors (Lipinski definition) is 7. The lowest BCUT2D eigenvalue weighted by Crippen LogP contribution is -2.45. The van der Waals surface area contributed by atoms with Gasteiger partial charge >= 0.3 is 0 Å². The largest absolute Gasteiger partial charge is 0.353 e. The van der Waals surface area contributed by atoms with Gasteiger partial charge in [-0.2, -0.15) is 0 Å². The van der Waals surface area contributed by atoms with Crippen molar-refractivity contribution in [1.82, 2.24) is 14.8 Å². The summed E-state index contributed by atoms with van der Waals surface area (Å²) in [4.78, 5) is 25.1. The molecule has 0 unspecified atom stereocenters. The zero-order chi connectivity index (χ0) is 24.5. The smallest absolute Gasteiger partial charge is 0.226 e. The molecule has 0 bridgehead atoms. The quantitative estimate of drug-likeness (QED) is 0.270. The number of carbonyl (C=O) groups is 1. The number of amides is 1. The standard InChI is InChI=1S/C24H28ClFN6OS/c1-27-24(34)21(6-3-17-15-18(25)4-5-20(17)26)29-19-7-9-28-22(16-19)30-23(33)8-10-32-13-11-31(2)12-14-32/h3-7,9,15-16,34H,1,8,10-14H2,2H3,(H2,28,29,30,33)/b6-3?,24-21-. The SMILES string of the molecule is C=N/C(S)=C(\C=Cc1cc(Cl)ccc1F)Nc1ccnc(NC(=O)CCN2CCN(C)CC2)c1. The van der Waals surface area contributed by atoms with Gasteiger partial charge in [0.05, 0.1) is 5.70 Å². The van der Waals surface area contributed by atoms with Crippen molar-refractivity contribution in [1.29, 1.82) is 0 Å². The average Bonchev–Trinajstić information content (AvgIpc) is 2.83. The van der Waals surface area contributed by atoms with E-state index in [1.54, 1.807) is 30.5 Å². The molecular weight excluding hydrogens is 475 g/mol. The summed E-state index contributed by atoms with van der Waals surface area (Å²) in [6.07, 6.45) is 5.16. The summed E-state index contributed by atoms with van der Waals surface area (Å²) in [5, 5.41) is 6.74. The second-order valence-corrected chi connectivity index (χ2v) is 8.75. The topological polar surface area (TPSA) is 72.9 Å². The fourth-order valence-corrected chi connectivity index (χ4v) is 3.65. The summed E-state index contributed by atoms with van der Waals surface area (Å²) >= 11 is 10.3. The van der Waals surface area contributed by atoms with Crippen molar-refractivity contribution in [2.75, 3.05) is 50.4 Å². The highest BCUT2D eigenvalue weighted by Crippen LogP contribution is 2.21. The zero-order valence-corrected chi connectivity index (χ0v) is 20.6. The molecule has 10 heteroatoms. The molecule has 7 nitrogen and oxygen atoms in total. The Hall–Kier alpha value is -2.72. The number of aliphatic imine (C=N–C) groups is 1. The molecule has 2 aromatic rings. The number of nitrogens with zero attached hydrogens (tertiary/aromatic N) is 4. The van der Waals surface area contributed by atoms with Gasteiger partial charge in [-0.3, -0.25) is 9.79 Å². The maximum atomic E-state index is 14.0. The molecule has 2 heterocycles. The number of allylic oxidation sites excluding steroid dienone is 1. The van der Waals surface area contributed by atoms with E-state index < -0.39 is 5.82 Å². The highest BCUT2D eigenvalue weighted by atomic mass is 35.5. The number of anilines is 2. The number of rotatable bonds is 9. The molecule has 0 radical (unpaired) electrons. The van der Waals surface area contributed by atoms with E-state index in [9.17, 15) is 9.18 Å². The first kappa shape index (κ1) is 25.9. The molecule has 2 N–H and O–H groups in total. The number of piperazine rings is 1. The number of halogens is 2. The maximum absolute atomic E-state index is 14.0. The van der Waals surface area contributed by atoms with Gasteiger partial charge in [0.1, 0.15) is 16.7 Å². The number of thiol groups is 1. The van der Waals surface area contributed by atoms with Gasteiger partial charge in [-0.25, -0.2) is 9.37 Å². The molecule has 1 aliphatic rings. The van der Waals surface area contributed by atoms with Crippen LogP contribution in [0.15, 0.2) is 58.3 Å². The van der Waals surface area contributed by atoms with Gasteiger partial charge in [0.2, 0.25) is 5.91 Å². The van der Waals surface area contributed by atoms with Gasteiger partial charge in [-0.15, -0.1) is 12.6 Å². The number of pyridine rings is 1. The molecule has 1 aromatic carbocycles. The van der Waals surface area contributed by atoms with Crippen molar-refractivity contribution in [3.63, 3.8) is 0 Å². The van der Waals surface area contributed by atoms with E-state index in [0.29, 0.717) is 45.8 Å². The van der Waals surface area contributed by atoms with Crippen LogP contribution in [0.25, 0.3) is 6.08 Å². The molecule has 34 heavy (non-hydrogen) atoms. The summed E-state index contributed by atoms with van der Waals surface area (Å²) < 4.78 is 14.0. The van der Waals surface area contributed by atoms with Gasteiger partial charge in [-0.1, -0.05) is 11.6 Å². The molecule has 1 amide bonds. The minimum Gasteiger partial charge on any atom is -0.353 e. The number of carbonyl (C=O) groups excluding carboxylic acids is 1. The number of likely N-dealkylation sites (N-methyl/N-ethyl adjacent to an activating group) is 1. The third-order valence-corrected chi connectivity index (χ3v) is 5.95. The summed E-state index contributed by atoms with van der Waals surface area (Å²) in [5.41, 5.74) is 1.45. The minimum atomic E-state index is -0.405. The second kappa shape index (κ2) is 12.7. The van der Waals surface area contributed by atoms with Crippen LogP contribution in [0, 0.1) is 5.82 Å². The van der Waals surface area contributed by atoms with Gasteiger partial charge in [0.25, 0.3) is 0 Å². The van der Waals surface area contributed by atoms with Crippen LogP contribution in [-0.4, -0.2) is 67.2 Å². The predicted molar refractivity (Wildman–Crippen MR) is 141 cm³/mol. The van der Waals surface area contributed by atoms with Crippen LogP contribution < -0.4 is 10.6 Å². The molecule has 0 aliphatic carbocycles. The summed E-state index contributed by atoms with van der Waals surface area (Å²) in [6.45, 7) is 8.17. The van der Waals surface area contributed by atoms with Crippen LogP contribution in [0.1, 0.15) is 12.0 Å². The lowest BCUT2D eigenvalue weighted by Gasteiger charge is -2.32. The molecular formula is C24H28ClFN6OS. The van der Waals surface area contributed by atoms with Gasteiger partial charge < -0.3 is 20.4 Å². The summed E-state index contributed by atoms with van der Waals surface area (Å²) in [7, 11) is 2.10. The van der Waals surface area contributed by atoms with Crippen LogP contribution in [0.3, 0.4) is 0 Å². The number of nitrogens with one attached hydrogen (secondary N) is 2. The molecule has 3 rings (SSSR count). The molecule has 0 saturated carbocycles. The Morgan fingerprint density at radius 2 is 2.03 bits per heavy atom. The van der Waals surface area contributed by atoms with E-state index in [-0.39, 0.29) is 5.91 Å². The zero-order valence-electron chi connectivity index (χ0n) is 19.0. The Morgan fingerprint density at radius 1 is 1.26 bits per heavy atom. The molecule has 180 valence electrons. The first-order valence-corrected chi connectivity index (χ1v) is 11.6. The average molecular weight is 503 g/mol. The lowest BCUT2D eigenvalue weighted by molar-refractivity contribution is -0.116. The maximum Gasteiger partial charge on any atom is 0.226 e. The fourth-order valence-electron chi connectivity index (χ4n) is 3.34. The minimum absolute atomic E-state index is 0.0988. The van der Waals surface area contributed by atoms with Crippen molar-refractivity contribution in [3.05, 3.63) is 69.7 Å². The highest BCUT2D eigenvalue weighted by molar-refractivity contribution is 7.84. The van der Waals surface area contributed by atoms with E-state index >= 15 is 0 Å². The number of aromatic nitrogens is 1. The van der Waals surface area contributed by atoms with E-state index in [1.807, 2.05) is 0 Å². The Kier molecular flexibility index (Phi) is 9.64. The monoisotopic (exact) mass is 502 g/mol. The van der Waals surface area contributed by atoms with E-state index in [0.717, 1.165) is 26.2 Å². The molecule has 1 saturated heterocycles. The molecule has 0 atom stereocenters. The molecule has 1 fully saturated rings. The highest BCUT2D eigenvalue weighted by Gasteiger charge is 2.15. The van der Waals surface area contributed by atoms with Crippen molar-refractivity contribution < 1.29 is 9.18 Å². The van der Waals surface area contributed by atoms with E-state index in [4.69, 9.17) is 11.6 Å². The fraction of sp³-hybridized carbons (Fsp3) is 0.292. The van der Waals surface area contributed by atoms with Crippen LogP contribution in [0.4, 0.5) is 15.9 Å². The Morgan fingerprint density at radius 3 is 2.76 bits per heavy atom. The van der Waals surface area contributed by atoms with E-state index in [1.165, 1.54) is 18.2 Å². The van der Waals surface area contributed by atoms with E-state index in [2.05, 4.69) is 56.8 Å². The Labute approximate surface area is 209 Å². The molecule has 1 aromatic heterocycles. The normalized spacial score (nSPS) is 15.8. The first-order valence-electron chi connectivity index (χ1n) is 10.8. The third-order valence-electron chi connectivity index (χ3n) is 5.34. The van der Waals surface area contributed by atoms with Crippen molar-refractivity contribution >= 4 is 54.4 Å². The van der Waals surface area contributed by atoms with Gasteiger partial charge in [0, 0.05) is 67.7 Å². The van der Waals surface area contributed by atoms with Crippen LogP contribution in [-0.2, 0) is 4.79 Å². The Balaban J connectivity index is 1.63. The first-order chi connectivity index (χ1) is 16.3. The van der Waals surface area contributed by atoms with Crippen molar-refractivity contribution in [3.8, 4) is 0 Å². The summed E-state index contributed by atoms with van der Waals surface area (Å²) in [5.74, 6) is -0.0825. The van der Waals surface area contributed by atoms with Gasteiger partial charge in [0.15, 0.2) is 0 Å². The number of hydrogen-bond donors (Lipinski definition) is 3. The summed E-state index contributed by atoms with van der Waals surface area (Å²) in [6, 6.07) is 7.74. The predicted octanol–water partition coefficient (Wildman–Crippen LogP) is 4.37. The lowest BCUT2D eigenvalue weighted by atomic mass is 10.2. The molecule has 0 spiro atoms. The van der Waals surface area contributed by atoms with Crippen LogP contribution in [0.5, 0.6) is 0 Å². The number of benzene rings is 1. The molecule has 1 aliphatic heterocycles. The van der Waals surface area contributed by atoms with Crippen LogP contribution in [0.2, 0.25) is 5.02 Å². The van der Waals surface area contributed by atoms with Crippen molar-refractivity contribution in [2.24, 2.45) is 4.99 Å². The van der Waals surface area contributed by atoms with Crippen LogP contribution >= 0.6 is 24.2 Å². The van der Waals surface area contributed by atoms with Gasteiger partial charge in [-0.05, 0) is 50.2 Å². The second-order valence-electron chi connectivity index (χ2n) is 7.89.